The average Bonchev–Trinajstić information content (AvgIpc) is 3.53. The van der Waals surface area contributed by atoms with Crippen LogP contribution in [-0.4, -0.2) is 4.57 Å². The summed E-state index contributed by atoms with van der Waals surface area (Å²) < 4.78 is 2.42. The largest absolute Gasteiger partial charge is 0.309 e. The fraction of sp³-hybridized carbons (Fsp3) is 0. The van der Waals surface area contributed by atoms with Gasteiger partial charge in [0.1, 0.15) is 0 Å². The maximum atomic E-state index is 2.43. The molecule has 51 heavy (non-hydrogen) atoms. The molecule has 0 amide bonds. The van der Waals surface area contributed by atoms with E-state index in [0.29, 0.717) is 0 Å². The molecule has 0 aliphatic rings. The minimum Gasteiger partial charge on any atom is -0.309 e. The Balaban J connectivity index is 1.21. The first-order chi connectivity index (χ1) is 25.3. The van der Waals surface area contributed by atoms with E-state index in [0.717, 1.165) is 0 Å². The van der Waals surface area contributed by atoms with Crippen LogP contribution in [0.4, 0.5) is 0 Å². The van der Waals surface area contributed by atoms with Gasteiger partial charge in [-0.3, -0.25) is 0 Å². The number of benzene rings is 10. The molecule has 0 atom stereocenters. The van der Waals surface area contributed by atoms with Crippen LogP contribution in [-0.2, 0) is 0 Å². The lowest BCUT2D eigenvalue weighted by atomic mass is 9.83. The molecule has 10 aromatic carbocycles. The van der Waals surface area contributed by atoms with Crippen molar-refractivity contribution in [2.75, 3.05) is 0 Å². The molecule has 1 heterocycles. The molecule has 1 heteroatoms. The third kappa shape index (κ3) is 4.16. The van der Waals surface area contributed by atoms with Crippen LogP contribution in [0.5, 0.6) is 0 Å². The molecule has 0 saturated heterocycles. The molecule has 11 aromatic rings. The van der Waals surface area contributed by atoms with Gasteiger partial charge in [0, 0.05) is 16.5 Å². The van der Waals surface area contributed by atoms with Crippen LogP contribution in [0.25, 0.3) is 104 Å². The van der Waals surface area contributed by atoms with E-state index in [1.165, 1.54) is 104 Å². The molecule has 1 aromatic heterocycles. The number of para-hydroxylation sites is 1. The molecule has 0 radical (unpaired) electrons. The van der Waals surface area contributed by atoms with Crippen molar-refractivity contribution >= 4 is 75.7 Å². The van der Waals surface area contributed by atoms with Crippen molar-refractivity contribution in [2.24, 2.45) is 0 Å². The van der Waals surface area contributed by atoms with Crippen molar-refractivity contribution in [1.82, 2.24) is 4.57 Å². The zero-order valence-electron chi connectivity index (χ0n) is 27.8. The molecule has 0 bridgehead atoms. The molecule has 1 nitrogen and oxygen atoms in total. The summed E-state index contributed by atoms with van der Waals surface area (Å²) in [4.78, 5) is 0. The fourth-order valence-electron chi connectivity index (χ4n) is 8.71. The number of hydrogen-bond acceptors (Lipinski definition) is 0. The molecule has 11 rings (SSSR count). The lowest BCUT2D eigenvalue weighted by Gasteiger charge is -2.19. The summed E-state index contributed by atoms with van der Waals surface area (Å²) in [5.41, 5.74) is 8.68. The van der Waals surface area contributed by atoms with Crippen LogP contribution >= 0.6 is 0 Å². The Kier molecular flexibility index (Phi) is 6.02. The summed E-state index contributed by atoms with van der Waals surface area (Å²) in [6, 6.07) is 69.4. The first-order valence-electron chi connectivity index (χ1n) is 17.7. The summed E-state index contributed by atoms with van der Waals surface area (Å²) >= 11 is 0. The second-order valence-corrected chi connectivity index (χ2v) is 13.6. The highest BCUT2D eigenvalue weighted by atomic mass is 15.0. The smallest absolute Gasteiger partial charge is 0.0541 e. The van der Waals surface area contributed by atoms with E-state index in [9.17, 15) is 0 Å². The van der Waals surface area contributed by atoms with Crippen LogP contribution in [0.1, 0.15) is 0 Å². The third-order valence-corrected chi connectivity index (χ3v) is 10.9. The van der Waals surface area contributed by atoms with Gasteiger partial charge in [0.2, 0.25) is 0 Å². The highest BCUT2D eigenvalue weighted by Crippen LogP contribution is 2.47. The van der Waals surface area contributed by atoms with Crippen molar-refractivity contribution in [2.45, 2.75) is 0 Å². The van der Waals surface area contributed by atoms with Gasteiger partial charge in [-0.25, -0.2) is 0 Å². The van der Waals surface area contributed by atoms with Gasteiger partial charge in [0.05, 0.1) is 11.0 Å². The number of fused-ring (bicyclic) bond motifs is 9. The Morgan fingerprint density at radius 2 is 0.804 bits per heavy atom. The molecule has 0 aliphatic heterocycles. The Morgan fingerprint density at radius 1 is 0.275 bits per heavy atom. The summed E-state index contributed by atoms with van der Waals surface area (Å²) in [7, 11) is 0. The Bertz CT molecular complexity index is 3140. The van der Waals surface area contributed by atoms with E-state index < -0.39 is 0 Å². The van der Waals surface area contributed by atoms with E-state index in [2.05, 4.69) is 193 Å². The molecule has 0 saturated carbocycles. The Labute approximate surface area is 295 Å². The monoisotopic (exact) mass is 645 g/mol. The van der Waals surface area contributed by atoms with E-state index in [1.807, 2.05) is 0 Å². The van der Waals surface area contributed by atoms with Crippen molar-refractivity contribution < 1.29 is 0 Å². The van der Waals surface area contributed by atoms with Gasteiger partial charge in [-0.1, -0.05) is 152 Å². The lowest BCUT2D eigenvalue weighted by Crippen LogP contribution is -1.94. The van der Waals surface area contributed by atoms with Crippen molar-refractivity contribution in [1.29, 1.82) is 0 Å². The van der Waals surface area contributed by atoms with Crippen LogP contribution in [0.3, 0.4) is 0 Å². The van der Waals surface area contributed by atoms with E-state index in [1.54, 1.807) is 0 Å². The predicted molar refractivity (Wildman–Crippen MR) is 219 cm³/mol. The van der Waals surface area contributed by atoms with E-state index in [4.69, 9.17) is 0 Å². The zero-order chi connectivity index (χ0) is 33.5. The summed E-state index contributed by atoms with van der Waals surface area (Å²) in [5, 5.41) is 15.2. The number of aromatic nitrogens is 1. The molecular weight excluding hydrogens is 615 g/mol. The topological polar surface area (TPSA) is 4.93 Å². The third-order valence-electron chi connectivity index (χ3n) is 10.9. The van der Waals surface area contributed by atoms with Crippen LogP contribution in [0.2, 0.25) is 0 Å². The molecule has 0 aliphatic carbocycles. The minimum atomic E-state index is 1.18. The second-order valence-electron chi connectivity index (χ2n) is 13.6. The van der Waals surface area contributed by atoms with Gasteiger partial charge < -0.3 is 4.57 Å². The minimum absolute atomic E-state index is 1.18. The standard InChI is InChI=1S/C50H31N/c1-2-14-33-29-36(27-25-32(33)13-1)51-47-24-12-11-19-40(47)45-31-35(26-28-48(45)51)49-41-20-7-9-22-43(41)50(44-23-10-8-21-42(44)49)46-30-34-15-3-4-16-37(34)38-17-5-6-18-39(38)46/h1-31H. The molecule has 0 fully saturated rings. The normalized spacial score (nSPS) is 11.9. The van der Waals surface area contributed by atoms with Crippen LogP contribution in [0.15, 0.2) is 188 Å². The van der Waals surface area contributed by atoms with Crippen LogP contribution < -0.4 is 0 Å². The molecule has 236 valence electrons. The number of hydrogen-bond donors (Lipinski definition) is 0. The van der Waals surface area contributed by atoms with E-state index >= 15 is 0 Å². The summed E-state index contributed by atoms with van der Waals surface area (Å²) in [6.07, 6.45) is 0. The van der Waals surface area contributed by atoms with Gasteiger partial charge >= 0.3 is 0 Å². The van der Waals surface area contributed by atoms with Gasteiger partial charge in [0.25, 0.3) is 0 Å². The average molecular weight is 646 g/mol. The molecule has 0 N–H and O–H groups in total. The van der Waals surface area contributed by atoms with Crippen LogP contribution in [0, 0.1) is 0 Å². The molecule has 0 spiro atoms. The zero-order valence-corrected chi connectivity index (χ0v) is 27.8. The lowest BCUT2D eigenvalue weighted by molar-refractivity contribution is 1.19. The van der Waals surface area contributed by atoms with E-state index in [-0.39, 0.29) is 0 Å². The first-order valence-corrected chi connectivity index (χ1v) is 17.7. The summed E-state index contributed by atoms with van der Waals surface area (Å²) in [6.45, 7) is 0. The molecular formula is C50H31N. The Hall–Kier alpha value is -6.70. The Morgan fingerprint density at radius 3 is 1.53 bits per heavy atom. The maximum absolute atomic E-state index is 2.43. The second kappa shape index (κ2) is 10.9. The van der Waals surface area contributed by atoms with Gasteiger partial charge in [-0.2, -0.15) is 0 Å². The van der Waals surface area contributed by atoms with Crippen molar-refractivity contribution in [3.8, 4) is 27.9 Å². The van der Waals surface area contributed by atoms with Gasteiger partial charge in [-0.05, 0) is 113 Å². The highest BCUT2D eigenvalue weighted by molar-refractivity contribution is 6.26. The van der Waals surface area contributed by atoms with Gasteiger partial charge in [0.15, 0.2) is 0 Å². The maximum Gasteiger partial charge on any atom is 0.0541 e. The number of nitrogens with zero attached hydrogens (tertiary/aromatic N) is 1. The highest BCUT2D eigenvalue weighted by Gasteiger charge is 2.20. The quantitative estimate of drug-likeness (QED) is 0.133. The molecule has 0 unspecified atom stereocenters. The summed E-state index contributed by atoms with van der Waals surface area (Å²) in [5.74, 6) is 0. The fourth-order valence-corrected chi connectivity index (χ4v) is 8.71. The number of rotatable bonds is 3. The SMILES string of the molecule is c1ccc2cc(-n3c4ccccc4c4cc(-c5c6ccccc6c(-c6cc7ccccc7c7ccccc67)c6ccccc56)ccc43)ccc2c1. The predicted octanol–water partition coefficient (Wildman–Crippen LogP) is 13.9. The first kappa shape index (κ1) is 28.2. The van der Waals surface area contributed by atoms with Crippen molar-refractivity contribution in [3.63, 3.8) is 0 Å². The van der Waals surface area contributed by atoms with Crippen molar-refractivity contribution in [3.05, 3.63) is 188 Å². The van der Waals surface area contributed by atoms with Gasteiger partial charge in [-0.15, -0.1) is 0 Å².